The maximum absolute atomic E-state index is 12.4. The van der Waals surface area contributed by atoms with Gasteiger partial charge in [-0.05, 0) is 47.9 Å². The zero-order chi connectivity index (χ0) is 15.9. The maximum Gasteiger partial charge on any atom is 0.422 e. The van der Waals surface area contributed by atoms with Gasteiger partial charge in [0.1, 0.15) is 5.75 Å². The summed E-state index contributed by atoms with van der Waals surface area (Å²) in [6.07, 6.45) is -1.73. The van der Waals surface area contributed by atoms with Gasteiger partial charge in [-0.2, -0.15) is 13.2 Å². The quantitative estimate of drug-likeness (QED) is 0.798. The van der Waals surface area contributed by atoms with Crippen molar-refractivity contribution in [2.45, 2.75) is 32.4 Å². The maximum atomic E-state index is 12.4. The number of pyridine rings is 1. The lowest BCUT2D eigenvalue weighted by Gasteiger charge is -2.12. The molecule has 1 aliphatic rings. The summed E-state index contributed by atoms with van der Waals surface area (Å²) in [5, 5.41) is 0.652. The molecule has 118 valence electrons. The van der Waals surface area contributed by atoms with Crippen LogP contribution in [0.4, 0.5) is 13.2 Å². The molecule has 2 aromatic rings. The molecule has 1 aromatic heterocycles. The summed E-state index contributed by atoms with van der Waals surface area (Å²) in [5.41, 5.74) is 1.82. The van der Waals surface area contributed by atoms with Crippen molar-refractivity contribution in [3.05, 3.63) is 36.0 Å². The Morgan fingerprint density at radius 1 is 1.27 bits per heavy atom. The third-order valence-corrected chi connectivity index (χ3v) is 4.24. The summed E-state index contributed by atoms with van der Waals surface area (Å²) in [5.74, 6) is 2.02. The molecule has 0 spiro atoms. The molecule has 1 fully saturated rings. The monoisotopic (exact) mass is 309 g/mol. The van der Waals surface area contributed by atoms with E-state index in [-0.39, 0.29) is 5.75 Å². The molecule has 5 heteroatoms. The van der Waals surface area contributed by atoms with Crippen LogP contribution < -0.4 is 4.74 Å². The SMILES string of the molecule is CC(C)[C@H]1C[C@@H]1c1ccc2nccc(OCC(F)(F)F)c2c1. The number of ether oxygens (including phenoxy) is 1. The van der Waals surface area contributed by atoms with Crippen LogP contribution in [-0.2, 0) is 0 Å². The molecule has 2 nitrogen and oxygen atoms in total. The van der Waals surface area contributed by atoms with E-state index in [0.29, 0.717) is 28.7 Å². The van der Waals surface area contributed by atoms with Gasteiger partial charge in [0.15, 0.2) is 6.61 Å². The van der Waals surface area contributed by atoms with E-state index in [1.54, 1.807) is 0 Å². The van der Waals surface area contributed by atoms with Gasteiger partial charge < -0.3 is 4.74 Å². The summed E-state index contributed by atoms with van der Waals surface area (Å²) < 4.78 is 42.0. The Balaban J connectivity index is 1.89. The predicted molar refractivity (Wildman–Crippen MR) is 79.0 cm³/mol. The highest BCUT2D eigenvalue weighted by Gasteiger charge is 2.40. The molecule has 0 aliphatic heterocycles. The number of benzene rings is 1. The van der Waals surface area contributed by atoms with E-state index >= 15 is 0 Å². The van der Waals surface area contributed by atoms with Gasteiger partial charge >= 0.3 is 6.18 Å². The molecule has 0 unspecified atom stereocenters. The van der Waals surface area contributed by atoms with Crippen LogP contribution in [0.5, 0.6) is 5.75 Å². The summed E-state index contributed by atoms with van der Waals surface area (Å²) in [6, 6.07) is 7.31. The van der Waals surface area contributed by atoms with E-state index in [4.69, 9.17) is 4.74 Å². The topological polar surface area (TPSA) is 22.1 Å². The number of rotatable bonds is 4. The lowest BCUT2D eigenvalue weighted by atomic mass is 10.0. The zero-order valence-corrected chi connectivity index (χ0v) is 12.5. The highest BCUT2D eigenvalue weighted by molar-refractivity contribution is 5.85. The molecule has 1 aliphatic carbocycles. The summed E-state index contributed by atoms with van der Waals surface area (Å²) >= 11 is 0. The fourth-order valence-electron chi connectivity index (χ4n) is 2.99. The highest BCUT2D eigenvalue weighted by Crippen LogP contribution is 2.52. The average molecular weight is 309 g/mol. The molecular formula is C17H18F3NO. The van der Waals surface area contributed by atoms with Gasteiger partial charge in [-0.3, -0.25) is 4.98 Å². The normalized spacial score (nSPS) is 21.4. The molecule has 22 heavy (non-hydrogen) atoms. The average Bonchev–Trinajstić information content (AvgIpc) is 3.24. The second kappa shape index (κ2) is 5.45. The van der Waals surface area contributed by atoms with Gasteiger partial charge in [-0.25, -0.2) is 0 Å². The van der Waals surface area contributed by atoms with E-state index < -0.39 is 12.8 Å². The Hall–Kier alpha value is -1.78. The Bertz CT molecular complexity index is 681. The number of aromatic nitrogens is 1. The molecule has 0 N–H and O–H groups in total. The van der Waals surface area contributed by atoms with Crippen LogP contribution in [0.25, 0.3) is 10.9 Å². The minimum absolute atomic E-state index is 0.242. The minimum Gasteiger partial charge on any atom is -0.483 e. The number of alkyl halides is 3. The largest absolute Gasteiger partial charge is 0.483 e. The van der Waals surface area contributed by atoms with Crippen molar-refractivity contribution in [2.24, 2.45) is 11.8 Å². The fraction of sp³-hybridized carbons (Fsp3) is 0.471. The van der Waals surface area contributed by atoms with Gasteiger partial charge in [0.05, 0.1) is 5.52 Å². The number of hydrogen-bond acceptors (Lipinski definition) is 2. The van der Waals surface area contributed by atoms with Crippen LogP contribution in [0.2, 0.25) is 0 Å². The van der Waals surface area contributed by atoms with Gasteiger partial charge in [0.2, 0.25) is 0 Å². The molecule has 0 bridgehead atoms. The first-order valence-corrected chi connectivity index (χ1v) is 7.43. The smallest absolute Gasteiger partial charge is 0.422 e. The van der Waals surface area contributed by atoms with E-state index in [2.05, 4.69) is 18.8 Å². The van der Waals surface area contributed by atoms with Crippen molar-refractivity contribution >= 4 is 10.9 Å². The van der Waals surface area contributed by atoms with Gasteiger partial charge in [0.25, 0.3) is 0 Å². The first-order chi connectivity index (χ1) is 10.3. The minimum atomic E-state index is -4.34. The van der Waals surface area contributed by atoms with E-state index in [1.165, 1.54) is 12.3 Å². The Kier molecular flexibility index (Phi) is 3.75. The van der Waals surface area contributed by atoms with Crippen molar-refractivity contribution in [3.63, 3.8) is 0 Å². The van der Waals surface area contributed by atoms with E-state index in [9.17, 15) is 13.2 Å². The fourth-order valence-corrected chi connectivity index (χ4v) is 2.99. The Morgan fingerprint density at radius 3 is 2.68 bits per heavy atom. The molecule has 2 atom stereocenters. The lowest BCUT2D eigenvalue weighted by Crippen LogP contribution is -2.19. The van der Waals surface area contributed by atoms with Gasteiger partial charge in [-0.15, -0.1) is 0 Å². The molecule has 0 amide bonds. The molecule has 1 heterocycles. The van der Waals surface area contributed by atoms with Crippen molar-refractivity contribution in [3.8, 4) is 5.75 Å². The van der Waals surface area contributed by atoms with Crippen LogP contribution in [0.1, 0.15) is 31.7 Å². The summed E-state index contributed by atoms with van der Waals surface area (Å²) in [4.78, 5) is 4.20. The second-order valence-corrected chi connectivity index (χ2v) is 6.24. The molecular weight excluding hydrogens is 291 g/mol. The van der Waals surface area contributed by atoms with E-state index in [1.807, 2.05) is 18.2 Å². The van der Waals surface area contributed by atoms with Crippen LogP contribution in [0, 0.1) is 11.8 Å². The standard InChI is InChI=1S/C17H18F3NO/c1-10(2)12-8-13(12)11-3-4-15-14(7-11)16(5-6-21-15)22-9-17(18,19)20/h3-7,10,12-13H,8-9H2,1-2H3/t12-,13-/m1/s1. The van der Waals surface area contributed by atoms with Gasteiger partial charge in [0, 0.05) is 11.6 Å². The van der Waals surface area contributed by atoms with E-state index in [0.717, 1.165) is 12.0 Å². The first-order valence-electron chi connectivity index (χ1n) is 7.43. The second-order valence-electron chi connectivity index (χ2n) is 6.24. The first kappa shape index (κ1) is 15.1. The number of fused-ring (bicyclic) bond motifs is 1. The molecule has 3 rings (SSSR count). The van der Waals surface area contributed by atoms with Crippen molar-refractivity contribution < 1.29 is 17.9 Å². The molecule has 1 aromatic carbocycles. The molecule has 0 radical (unpaired) electrons. The van der Waals surface area contributed by atoms with Crippen molar-refractivity contribution in [1.82, 2.24) is 4.98 Å². The zero-order valence-electron chi connectivity index (χ0n) is 12.5. The third-order valence-electron chi connectivity index (χ3n) is 4.24. The van der Waals surface area contributed by atoms with Crippen LogP contribution >= 0.6 is 0 Å². The number of nitrogens with zero attached hydrogens (tertiary/aromatic N) is 1. The Labute approximate surface area is 127 Å². The summed E-state index contributed by atoms with van der Waals surface area (Å²) in [7, 11) is 0. The molecule has 0 saturated heterocycles. The van der Waals surface area contributed by atoms with Crippen molar-refractivity contribution in [1.29, 1.82) is 0 Å². The molecule has 1 saturated carbocycles. The number of halogens is 3. The predicted octanol–water partition coefficient (Wildman–Crippen LogP) is 4.94. The third kappa shape index (κ3) is 3.18. The number of hydrogen-bond donors (Lipinski definition) is 0. The van der Waals surface area contributed by atoms with Crippen LogP contribution in [0.15, 0.2) is 30.5 Å². The van der Waals surface area contributed by atoms with Crippen LogP contribution in [-0.4, -0.2) is 17.8 Å². The van der Waals surface area contributed by atoms with Gasteiger partial charge in [-0.1, -0.05) is 19.9 Å². The van der Waals surface area contributed by atoms with Crippen LogP contribution in [0.3, 0.4) is 0 Å². The Morgan fingerprint density at radius 2 is 2.05 bits per heavy atom. The lowest BCUT2D eigenvalue weighted by molar-refractivity contribution is -0.153. The summed E-state index contributed by atoms with van der Waals surface area (Å²) in [6.45, 7) is 3.12. The highest BCUT2D eigenvalue weighted by atomic mass is 19.4. The van der Waals surface area contributed by atoms with Crippen molar-refractivity contribution in [2.75, 3.05) is 6.61 Å².